The van der Waals surface area contributed by atoms with Crippen molar-refractivity contribution < 1.29 is 14.6 Å². The molecule has 0 bridgehead atoms. The summed E-state index contributed by atoms with van der Waals surface area (Å²) in [6, 6.07) is 10.5. The molecule has 2 rings (SSSR count). The van der Waals surface area contributed by atoms with E-state index in [4.69, 9.17) is 9.84 Å². The second-order valence-electron chi connectivity index (χ2n) is 3.61. The van der Waals surface area contributed by atoms with Gasteiger partial charge < -0.3 is 9.84 Å². The largest absolute Gasteiger partial charge is 0.478 e. The van der Waals surface area contributed by atoms with Crippen molar-refractivity contribution in [3.8, 4) is 11.6 Å². The van der Waals surface area contributed by atoms with Crippen LogP contribution in [0.1, 0.15) is 15.9 Å². The van der Waals surface area contributed by atoms with Crippen molar-refractivity contribution in [1.82, 2.24) is 4.98 Å². The number of aryl methyl sites for hydroxylation is 1. The quantitative estimate of drug-likeness (QED) is 0.879. The van der Waals surface area contributed by atoms with E-state index in [0.717, 1.165) is 5.56 Å². The SMILES string of the molecule is Cc1cccc(Oc2ccc(C(=O)O)cn2)c1. The third-order valence-corrected chi connectivity index (χ3v) is 2.20. The van der Waals surface area contributed by atoms with Gasteiger partial charge in [-0.15, -0.1) is 0 Å². The molecule has 0 amide bonds. The first-order valence-electron chi connectivity index (χ1n) is 5.09. The zero-order valence-corrected chi connectivity index (χ0v) is 9.25. The third kappa shape index (κ3) is 2.81. The number of nitrogens with zero attached hydrogens (tertiary/aromatic N) is 1. The molecule has 1 aromatic carbocycles. The van der Waals surface area contributed by atoms with Crippen molar-refractivity contribution in [2.24, 2.45) is 0 Å². The van der Waals surface area contributed by atoms with Crippen LogP contribution in [0.2, 0.25) is 0 Å². The van der Waals surface area contributed by atoms with Crippen LogP contribution in [-0.4, -0.2) is 16.1 Å². The van der Waals surface area contributed by atoms with E-state index in [1.54, 1.807) is 0 Å². The van der Waals surface area contributed by atoms with E-state index in [1.807, 2.05) is 31.2 Å². The van der Waals surface area contributed by atoms with Crippen LogP contribution in [0, 0.1) is 6.92 Å². The van der Waals surface area contributed by atoms with Crippen LogP contribution >= 0.6 is 0 Å². The number of rotatable bonds is 3. The molecule has 17 heavy (non-hydrogen) atoms. The molecular weight excluding hydrogens is 218 g/mol. The fourth-order valence-electron chi connectivity index (χ4n) is 1.37. The van der Waals surface area contributed by atoms with Gasteiger partial charge in [0.1, 0.15) is 5.75 Å². The molecule has 0 spiro atoms. The average molecular weight is 229 g/mol. The molecule has 0 radical (unpaired) electrons. The molecule has 0 saturated heterocycles. The van der Waals surface area contributed by atoms with E-state index in [9.17, 15) is 4.79 Å². The summed E-state index contributed by atoms with van der Waals surface area (Å²) < 4.78 is 5.49. The molecule has 0 atom stereocenters. The van der Waals surface area contributed by atoms with Crippen LogP contribution in [0.15, 0.2) is 42.6 Å². The minimum absolute atomic E-state index is 0.140. The maximum absolute atomic E-state index is 10.6. The highest BCUT2D eigenvalue weighted by atomic mass is 16.5. The predicted molar refractivity (Wildman–Crippen MR) is 62.4 cm³/mol. The Morgan fingerprint density at radius 3 is 2.71 bits per heavy atom. The lowest BCUT2D eigenvalue weighted by Crippen LogP contribution is -1.97. The molecule has 4 heteroatoms. The van der Waals surface area contributed by atoms with Gasteiger partial charge in [0.15, 0.2) is 0 Å². The molecule has 0 fully saturated rings. The van der Waals surface area contributed by atoms with E-state index in [-0.39, 0.29) is 5.56 Å². The fourth-order valence-corrected chi connectivity index (χ4v) is 1.37. The molecule has 0 aliphatic heterocycles. The summed E-state index contributed by atoms with van der Waals surface area (Å²) in [5.41, 5.74) is 1.23. The molecule has 1 aromatic heterocycles. The Labute approximate surface area is 98.5 Å². The van der Waals surface area contributed by atoms with Crippen LogP contribution in [-0.2, 0) is 0 Å². The van der Waals surface area contributed by atoms with Crippen LogP contribution < -0.4 is 4.74 Å². The summed E-state index contributed by atoms with van der Waals surface area (Å²) in [6.07, 6.45) is 1.27. The molecule has 0 unspecified atom stereocenters. The van der Waals surface area contributed by atoms with Crippen molar-refractivity contribution in [3.05, 3.63) is 53.7 Å². The molecule has 0 saturated carbocycles. The summed E-state index contributed by atoms with van der Waals surface area (Å²) in [4.78, 5) is 14.6. The smallest absolute Gasteiger partial charge is 0.337 e. The zero-order chi connectivity index (χ0) is 12.3. The van der Waals surface area contributed by atoms with Crippen LogP contribution in [0.5, 0.6) is 11.6 Å². The highest BCUT2D eigenvalue weighted by molar-refractivity contribution is 5.87. The van der Waals surface area contributed by atoms with E-state index in [1.165, 1.54) is 18.3 Å². The monoisotopic (exact) mass is 229 g/mol. The van der Waals surface area contributed by atoms with Gasteiger partial charge in [0, 0.05) is 12.3 Å². The number of aromatic nitrogens is 1. The lowest BCUT2D eigenvalue weighted by molar-refractivity contribution is 0.0696. The van der Waals surface area contributed by atoms with Crippen LogP contribution in [0.4, 0.5) is 0 Å². The number of hydrogen-bond acceptors (Lipinski definition) is 3. The van der Waals surface area contributed by atoms with Gasteiger partial charge in [0.2, 0.25) is 5.88 Å². The number of ether oxygens (including phenoxy) is 1. The summed E-state index contributed by atoms with van der Waals surface area (Å²) in [5, 5.41) is 8.72. The topological polar surface area (TPSA) is 59.4 Å². The van der Waals surface area contributed by atoms with E-state index in [0.29, 0.717) is 11.6 Å². The minimum atomic E-state index is -1.00. The van der Waals surface area contributed by atoms with E-state index >= 15 is 0 Å². The maximum atomic E-state index is 10.6. The first-order valence-corrected chi connectivity index (χ1v) is 5.09. The Balaban J connectivity index is 2.16. The summed E-state index contributed by atoms with van der Waals surface area (Å²) in [5.74, 6) is 0.0563. The van der Waals surface area contributed by atoms with Gasteiger partial charge in [-0.05, 0) is 30.7 Å². The first-order chi connectivity index (χ1) is 8.15. The van der Waals surface area contributed by atoms with Crippen molar-refractivity contribution in [2.45, 2.75) is 6.92 Å². The Morgan fingerprint density at radius 1 is 1.29 bits per heavy atom. The van der Waals surface area contributed by atoms with Crippen molar-refractivity contribution in [2.75, 3.05) is 0 Å². The summed E-state index contributed by atoms with van der Waals surface area (Å²) in [7, 11) is 0. The number of carboxylic acid groups (broad SMARTS) is 1. The Morgan fingerprint density at radius 2 is 2.12 bits per heavy atom. The van der Waals surface area contributed by atoms with Gasteiger partial charge in [-0.25, -0.2) is 9.78 Å². The lowest BCUT2D eigenvalue weighted by atomic mass is 10.2. The number of carboxylic acids is 1. The normalized spacial score (nSPS) is 9.94. The van der Waals surface area contributed by atoms with Gasteiger partial charge in [-0.2, -0.15) is 0 Å². The third-order valence-electron chi connectivity index (χ3n) is 2.20. The standard InChI is InChI=1S/C13H11NO3/c1-9-3-2-4-11(7-9)17-12-6-5-10(8-14-12)13(15)16/h2-8H,1H3,(H,15,16). The van der Waals surface area contributed by atoms with Gasteiger partial charge in [0.25, 0.3) is 0 Å². The molecule has 0 aliphatic carbocycles. The molecule has 2 aromatic rings. The molecule has 1 N–H and O–H groups in total. The molecular formula is C13H11NO3. The summed E-state index contributed by atoms with van der Waals surface area (Å²) >= 11 is 0. The number of aromatic carboxylic acids is 1. The second-order valence-corrected chi connectivity index (χ2v) is 3.61. The van der Waals surface area contributed by atoms with Crippen molar-refractivity contribution >= 4 is 5.97 Å². The minimum Gasteiger partial charge on any atom is -0.478 e. The van der Waals surface area contributed by atoms with Crippen molar-refractivity contribution in [3.63, 3.8) is 0 Å². The van der Waals surface area contributed by atoms with Crippen LogP contribution in [0.3, 0.4) is 0 Å². The fraction of sp³-hybridized carbons (Fsp3) is 0.0769. The molecule has 86 valence electrons. The van der Waals surface area contributed by atoms with Crippen LogP contribution in [0.25, 0.3) is 0 Å². The van der Waals surface area contributed by atoms with Gasteiger partial charge in [-0.1, -0.05) is 12.1 Å². The van der Waals surface area contributed by atoms with Crippen molar-refractivity contribution in [1.29, 1.82) is 0 Å². The number of benzene rings is 1. The second kappa shape index (κ2) is 4.65. The molecule has 4 nitrogen and oxygen atoms in total. The van der Waals surface area contributed by atoms with Gasteiger partial charge in [-0.3, -0.25) is 0 Å². The molecule has 0 aliphatic rings. The highest BCUT2D eigenvalue weighted by Gasteiger charge is 2.04. The average Bonchev–Trinajstić information content (AvgIpc) is 2.29. The Hall–Kier alpha value is -2.36. The Kier molecular flexibility index (Phi) is 3.05. The van der Waals surface area contributed by atoms with Gasteiger partial charge >= 0.3 is 5.97 Å². The number of pyridine rings is 1. The first kappa shape index (κ1) is 11.1. The Bertz CT molecular complexity index is 535. The maximum Gasteiger partial charge on any atom is 0.337 e. The number of carbonyl (C=O) groups is 1. The lowest BCUT2D eigenvalue weighted by Gasteiger charge is -2.05. The van der Waals surface area contributed by atoms with E-state index in [2.05, 4.69) is 4.98 Å². The predicted octanol–water partition coefficient (Wildman–Crippen LogP) is 2.88. The number of hydrogen-bond donors (Lipinski definition) is 1. The summed E-state index contributed by atoms with van der Waals surface area (Å²) in [6.45, 7) is 1.97. The molecule has 1 heterocycles. The highest BCUT2D eigenvalue weighted by Crippen LogP contribution is 2.20. The van der Waals surface area contributed by atoms with E-state index < -0.39 is 5.97 Å². The van der Waals surface area contributed by atoms with Gasteiger partial charge in [0.05, 0.1) is 5.56 Å². The zero-order valence-electron chi connectivity index (χ0n) is 9.25.